The minimum absolute atomic E-state index is 0.0168. The summed E-state index contributed by atoms with van der Waals surface area (Å²) in [5.41, 5.74) is 2.05. The van der Waals surface area contributed by atoms with Crippen LogP contribution in [0.15, 0.2) is 42.6 Å². The number of ether oxygens (including phenoxy) is 2. The van der Waals surface area contributed by atoms with Crippen molar-refractivity contribution in [2.75, 3.05) is 39.2 Å². The number of benzene rings is 1. The van der Waals surface area contributed by atoms with E-state index in [2.05, 4.69) is 29.0 Å². The number of rotatable bonds is 5. The number of fused-ring (bicyclic) bond motifs is 1. The fourth-order valence-corrected chi connectivity index (χ4v) is 4.76. The van der Waals surface area contributed by atoms with E-state index in [-0.39, 0.29) is 35.8 Å². The van der Waals surface area contributed by atoms with Crippen molar-refractivity contribution in [1.29, 1.82) is 0 Å². The second-order valence-corrected chi connectivity index (χ2v) is 10.2. The van der Waals surface area contributed by atoms with Gasteiger partial charge < -0.3 is 19.7 Å². The molecule has 1 aromatic carbocycles. The largest absolute Gasteiger partial charge is 0.491 e. The second-order valence-electron chi connectivity index (χ2n) is 10.2. The quantitative estimate of drug-likeness (QED) is 0.680. The van der Waals surface area contributed by atoms with Crippen LogP contribution < -0.4 is 10.1 Å². The molecule has 8 heteroatoms. The molecule has 1 aliphatic heterocycles. The Kier molecular flexibility index (Phi) is 8.59. The molecular formula is C28H38N4O4. The highest BCUT2D eigenvalue weighted by Crippen LogP contribution is 2.30. The van der Waals surface area contributed by atoms with Gasteiger partial charge in [-0.25, -0.2) is 0 Å². The number of amides is 2. The Hall–Kier alpha value is -2.97. The van der Waals surface area contributed by atoms with Crippen molar-refractivity contribution >= 4 is 17.5 Å². The molecule has 0 bridgehead atoms. The van der Waals surface area contributed by atoms with Gasteiger partial charge in [0.15, 0.2) is 0 Å². The Morgan fingerprint density at radius 3 is 2.67 bits per heavy atom. The van der Waals surface area contributed by atoms with Crippen LogP contribution in [0.5, 0.6) is 5.75 Å². The SMILES string of the molecule is CO[C@@H]1CN(C)C(=O)c2cc(NC(=O)C3CCC3)ccc2OC[C@@H](C)N(Cc2ccccn2)C[C@@H]1C. The number of likely N-dealkylation sites (N-methyl/N-ethyl adjacent to an activating group) is 1. The summed E-state index contributed by atoms with van der Waals surface area (Å²) in [5.74, 6) is 0.611. The molecule has 1 aliphatic carbocycles. The summed E-state index contributed by atoms with van der Waals surface area (Å²) in [7, 11) is 3.48. The predicted molar refractivity (Wildman–Crippen MR) is 139 cm³/mol. The van der Waals surface area contributed by atoms with E-state index in [0.29, 0.717) is 36.7 Å². The first kappa shape index (κ1) is 26.1. The van der Waals surface area contributed by atoms with Crippen molar-refractivity contribution in [2.24, 2.45) is 11.8 Å². The van der Waals surface area contributed by atoms with Gasteiger partial charge in [-0.3, -0.25) is 19.5 Å². The maximum atomic E-state index is 13.5. The molecule has 1 saturated carbocycles. The molecule has 0 saturated heterocycles. The Morgan fingerprint density at radius 2 is 2.00 bits per heavy atom. The highest BCUT2D eigenvalue weighted by atomic mass is 16.5. The van der Waals surface area contributed by atoms with E-state index in [1.54, 1.807) is 31.2 Å². The van der Waals surface area contributed by atoms with Crippen LogP contribution in [-0.2, 0) is 16.1 Å². The third kappa shape index (κ3) is 6.23. The fraction of sp³-hybridized carbons (Fsp3) is 0.536. The molecule has 4 rings (SSSR count). The van der Waals surface area contributed by atoms with Crippen LogP contribution in [0.1, 0.15) is 49.2 Å². The maximum absolute atomic E-state index is 13.5. The minimum Gasteiger partial charge on any atom is -0.491 e. The highest BCUT2D eigenvalue weighted by Gasteiger charge is 2.29. The lowest BCUT2D eigenvalue weighted by Crippen LogP contribution is -2.46. The first-order valence-corrected chi connectivity index (χ1v) is 12.9. The normalized spacial score (nSPS) is 24.1. The molecule has 36 heavy (non-hydrogen) atoms. The van der Waals surface area contributed by atoms with Crippen molar-refractivity contribution in [3.05, 3.63) is 53.9 Å². The van der Waals surface area contributed by atoms with Gasteiger partial charge in [-0.15, -0.1) is 0 Å². The van der Waals surface area contributed by atoms with Crippen molar-refractivity contribution in [2.45, 2.75) is 51.8 Å². The molecule has 2 aromatic rings. The van der Waals surface area contributed by atoms with Gasteiger partial charge in [0.25, 0.3) is 5.91 Å². The average molecular weight is 495 g/mol. The summed E-state index contributed by atoms with van der Waals surface area (Å²) in [6.45, 7) is 6.61. The number of anilines is 1. The molecule has 1 aromatic heterocycles. The lowest BCUT2D eigenvalue weighted by Gasteiger charge is -2.36. The zero-order chi connectivity index (χ0) is 25.7. The van der Waals surface area contributed by atoms with E-state index in [1.165, 1.54) is 0 Å². The maximum Gasteiger partial charge on any atom is 0.257 e. The standard InChI is InChI=1S/C28H38N4O4/c1-19-15-32(16-23-10-5-6-13-29-23)20(2)18-36-25-12-11-22(30-27(33)21-8-7-9-21)14-24(25)28(34)31(3)17-26(19)35-4/h5-6,10-14,19-21,26H,7-9,15-18H2,1-4H3,(H,30,33)/t19-,20+,26+/m0/s1. The van der Waals surface area contributed by atoms with Crippen LogP contribution in [0.2, 0.25) is 0 Å². The zero-order valence-electron chi connectivity index (χ0n) is 21.8. The number of methoxy groups -OCH3 is 1. The lowest BCUT2D eigenvalue weighted by atomic mass is 9.85. The molecule has 2 aliphatic rings. The van der Waals surface area contributed by atoms with Crippen molar-refractivity contribution in [3.8, 4) is 5.75 Å². The Morgan fingerprint density at radius 1 is 1.19 bits per heavy atom. The van der Waals surface area contributed by atoms with E-state index in [0.717, 1.165) is 31.5 Å². The Labute approximate surface area is 214 Å². The molecule has 1 fully saturated rings. The number of carbonyl (C=O) groups is 2. The summed E-state index contributed by atoms with van der Waals surface area (Å²) < 4.78 is 12.1. The van der Waals surface area contributed by atoms with Crippen LogP contribution in [0, 0.1) is 11.8 Å². The highest BCUT2D eigenvalue weighted by molar-refractivity contribution is 6.00. The Balaban J connectivity index is 1.60. The molecule has 3 atom stereocenters. The summed E-state index contributed by atoms with van der Waals surface area (Å²) in [6, 6.07) is 11.4. The number of aromatic nitrogens is 1. The molecule has 0 unspecified atom stereocenters. The van der Waals surface area contributed by atoms with E-state index in [4.69, 9.17) is 9.47 Å². The smallest absolute Gasteiger partial charge is 0.257 e. The van der Waals surface area contributed by atoms with Crippen LogP contribution in [-0.4, -0.2) is 72.6 Å². The van der Waals surface area contributed by atoms with Gasteiger partial charge in [0, 0.05) is 57.6 Å². The van der Waals surface area contributed by atoms with Gasteiger partial charge in [0.2, 0.25) is 5.91 Å². The molecule has 2 heterocycles. The number of hydrogen-bond donors (Lipinski definition) is 1. The van der Waals surface area contributed by atoms with Crippen LogP contribution in [0.25, 0.3) is 0 Å². The van der Waals surface area contributed by atoms with Crippen molar-refractivity contribution in [3.63, 3.8) is 0 Å². The van der Waals surface area contributed by atoms with Gasteiger partial charge in [-0.05, 0) is 56.0 Å². The zero-order valence-corrected chi connectivity index (χ0v) is 21.8. The predicted octanol–water partition coefficient (Wildman–Crippen LogP) is 3.83. The number of pyridine rings is 1. The van der Waals surface area contributed by atoms with E-state index in [1.807, 2.05) is 30.5 Å². The first-order valence-electron chi connectivity index (χ1n) is 12.9. The molecular weight excluding hydrogens is 456 g/mol. The summed E-state index contributed by atoms with van der Waals surface area (Å²) in [6.07, 6.45) is 4.61. The topological polar surface area (TPSA) is 84.0 Å². The van der Waals surface area contributed by atoms with Gasteiger partial charge >= 0.3 is 0 Å². The summed E-state index contributed by atoms with van der Waals surface area (Å²) in [4.78, 5) is 34.6. The van der Waals surface area contributed by atoms with E-state index < -0.39 is 0 Å². The lowest BCUT2D eigenvalue weighted by molar-refractivity contribution is -0.122. The average Bonchev–Trinajstić information content (AvgIpc) is 2.84. The van der Waals surface area contributed by atoms with Crippen LogP contribution >= 0.6 is 0 Å². The van der Waals surface area contributed by atoms with E-state index >= 15 is 0 Å². The van der Waals surface area contributed by atoms with Crippen LogP contribution in [0.3, 0.4) is 0 Å². The molecule has 1 N–H and O–H groups in total. The third-order valence-electron chi connectivity index (χ3n) is 7.41. The van der Waals surface area contributed by atoms with Gasteiger partial charge in [-0.1, -0.05) is 19.4 Å². The molecule has 0 radical (unpaired) electrons. The third-order valence-corrected chi connectivity index (χ3v) is 7.41. The second kappa shape index (κ2) is 11.8. The van der Waals surface area contributed by atoms with Crippen molar-refractivity contribution in [1.82, 2.24) is 14.8 Å². The summed E-state index contributed by atoms with van der Waals surface area (Å²) >= 11 is 0. The first-order chi connectivity index (χ1) is 17.4. The van der Waals surface area contributed by atoms with Crippen molar-refractivity contribution < 1.29 is 19.1 Å². The van der Waals surface area contributed by atoms with Gasteiger partial charge in [0.1, 0.15) is 12.4 Å². The minimum atomic E-state index is -0.155. The molecule has 194 valence electrons. The summed E-state index contributed by atoms with van der Waals surface area (Å²) in [5, 5.41) is 2.98. The van der Waals surface area contributed by atoms with E-state index in [9.17, 15) is 9.59 Å². The Bertz CT molecular complexity index is 1040. The number of carbonyl (C=O) groups excluding carboxylic acids is 2. The molecule has 0 spiro atoms. The number of hydrogen-bond acceptors (Lipinski definition) is 6. The fourth-order valence-electron chi connectivity index (χ4n) is 4.76. The molecule has 8 nitrogen and oxygen atoms in total. The number of nitrogens with one attached hydrogen (secondary N) is 1. The number of nitrogens with zero attached hydrogens (tertiary/aromatic N) is 3. The monoisotopic (exact) mass is 494 g/mol. The molecule has 2 amide bonds. The van der Waals surface area contributed by atoms with Gasteiger partial charge in [-0.2, -0.15) is 0 Å². The van der Waals surface area contributed by atoms with Crippen LogP contribution in [0.4, 0.5) is 5.69 Å². The van der Waals surface area contributed by atoms with Gasteiger partial charge in [0.05, 0.1) is 17.4 Å².